The highest BCUT2D eigenvalue weighted by molar-refractivity contribution is 5.10. The van der Waals surface area contributed by atoms with Crippen LogP contribution in [0.1, 0.15) is 12.8 Å². The van der Waals surface area contributed by atoms with Gasteiger partial charge in [0.15, 0.2) is 0 Å². The Bertz CT molecular complexity index is 179. The third-order valence-corrected chi connectivity index (χ3v) is 2.54. The first-order valence-electron chi connectivity index (χ1n) is 4.19. The molecule has 0 saturated carbocycles. The minimum absolute atomic E-state index is 0.564. The molecule has 0 aromatic rings. The Labute approximate surface area is 66.8 Å². The van der Waals surface area contributed by atoms with Crippen LogP contribution in [0.2, 0.25) is 0 Å². The summed E-state index contributed by atoms with van der Waals surface area (Å²) in [6.45, 7) is 0.956. The number of hydrogen-bond donors (Lipinski definition) is 2. The lowest BCUT2D eigenvalue weighted by molar-refractivity contribution is 0.151. The summed E-state index contributed by atoms with van der Waals surface area (Å²) in [5.74, 6) is 1.70. The molecule has 2 rings (SSSR count). The Balaban J connectivity index is 2.12. The summed E-state index contributed by atoms with van der Waals surface area (Å²) in [6.07, 6.45) is 4.56. The highest BCUT2D eigenvalue weighted by Crippen LogP contribution is 2.28. The second kappa shape index (κ2) is 2.83. The fourth-order valence-corrected chi connectivity index (χ4v) is 1.88. The Morgan fingerprint density at radius 2 is 2.64 bits per heavy atom. The topological polar surface area (TPSA) is 33.3 Å². The molecule has 0 radical (unpaired) electrons. The van der Waals surface area contributed by atoms with Gasteiger partial charge in [-0.05, 0) is 26.0 Å². The van der Waals surface area contributed by atoms with Crippen LogP contribution < -0.4 is 10.8 Å². The van der Waals surface area contributed by atoms with Gasteiger partial charge < -0.3 is 10.2 Å². The van der Waals surface area contributed by atoms with Crippen molar-refractivity contribution in [3.05, 3.63) is 11.8 Å². The van der Waals surface area contributed by atoms with E-state index in [1.807, 2.05) is 7.05 Å². The van der Waals surface area contributed by atoms with Crippen molar-refractivity contribution in [3.8, 4) is 0 Å². The molecule has 1 heterocycles. The van der Waals surface area contributed by atoms with Gasteiger partial charge in [-0.1, -0.05) is 0 Å². The first-order valence-corrected chi connectivity index (χ1v) is 4.19. The highest BCUT2D eigenvalue weighted by Gasteiger charge is 2.32. The van der Waals surface area contributed by atoms with Crippen molar-refractivity contribution in [2.24, 2.45) is 5.92 Å². The molecule has 2 N–H and O–H groups in total. The van der Waals surface area contributed by atoms with Gasteiger partial charge in [0, 0.05) is 18.5 Å². The molecule has 1 saturated heterocycles. The van der Waals surface area contributed by atoms with E-state index in [1.165, 1.54) is 6.42 Å². The van der Waals surface area contributed by atoms with Crippen LogP contribution in [0, 0.1) is 5.92 Å². The lowest BCUT2D eigenvalue weighted by Crippen LogP contribution is -2.36. The van der Waals surface area contributed by atoms with Crippen molar-refractivity contribution in [3.63, 3.8) is 0 Å². The average molecular weight is 154 g/mol. The van der Waals surface area contributed by atoms with E-state index in [-0.39, 0.29) is 0 Å². The van der Waals surface area contributed by atoms with Gasteiger partial charge in [0.05, 0.1) is 0 Å². The molecule has 0 amide bonds. The third-order valence-electron chi connectivity index (χ3n) is 2.54. The molecule has 0 aromatic heterocycles. The molecule has 2 unspecified atom stereocenters. The van der Waals surface area contributed by atoms with Crippen molar-refractivity contribution in [1.82, 2.24) is 10.8 Å². The molecule has 0 spiro atoms. The molecule has 11 heavy (non-hydrogen) atoms. The quantitative estimate of drug-likeness (QED) is 0.573. The van der Waals surface area contributed by atoms with Crippen LogP contribution in [0.3, 0.4) is 0 Å². The predicted molar refractivity (Wildman–Crippen MR) is 42.7 cm³/mol. The largest absolute Gasteiger partial charge is 0.413 e. The van der Waals surface area contributed by atoms with Crippen molar-refractivity contribution in [1.29, 1.82) is 0 Å². The molecular weight excluding hydrogens is 140 g/mol. The normalized spacial score (nSPS) is 35.9. The fraction of sp³-hybridized carbons (Fsp3) is 0.750. The maximum Gasteiger partial charge on any atom is 0.126 e. The maximum atomic E-state index is 5.26. The molecule has 1 aliphatic carbocycles. The summed E-state index contributed by atoms with van der Waals surface area (Å²) < 4.78 is 0. The summed E-state index contributed by atoms with van der Waals surface area (Å²) in [6, 6.07) is 0.602. The zero-order valence-corrected chi connectivity index (χ0v) is 6.76. The van der Waals surface area contributed by atoms with Gasteiger partial charge in [-0.15, -0.1) is 0 Å². The molecule has 62 valence electrons. The molecule has 0 bridgehead atoms. The van der Waals surface area contributed by atoms with Gasteiger partial charge in [0.2, 0.25) is 0 Å². The van der Waals surface area contributed by atoms with Gasteiger partial charge in [0.1, 0.15) is 5.76 Å². The van der Waals surface area contributed by atoms with Crippen molar-refractivity contribution < 1.29 is 4.84 Å². The molecule has 2 aliphatic rings. The number of fused-ring (bicyclic) bond motifs is 1. The third kappa shape index (κ3) is 1.14. The van der Waals surface area contributed by atoms with Crippen LogP contribution in [0.25, 0.3) is 0 Å². The number of nitrogens with one attached hydrogen (secondary N) is 2. The number of hydroxylamine groups is 1. The van der Waals surface area contributed by atoms with E-state index in [0.29, 0.717) is 12.0 Å². The summed E-state index contributed by atoms with van der Waals surface area (Å²) >= 11 is 0. The van der Waals surface area contributed by atoms with Gasteiger partial charge >= 0.3 is 0 Å². The van der Waals surface area contributed by atoms with Crippen LogP contribution in [0.15, 0.2) is 11.8 Å². The summed E-state index contributed by atoms with van der Waals surface area (Å²) in [5, 5.41) is 3.31. The SMILES string of the molecule is CNC1CCC=C2ONCC21. The van der Waals surface area contributed by atoms with Crippen molar-refractivity contribution in [2.45, 2.75) is 18.9 Å². The lowest BCUT2D eigenvalue weighted by Gasteiger charge is -2.24. The van der Waals surface area contributed by atoms with Crippen LogP contribution >= 0.6 is 0 Å². The summed E-state index contributed by atoms with van der Waals surface area (Å²) in [7, 11) is 2.02. The predicted octanol–water partition coefficient (Wildman–Crippen LogP) is 0.403. The van der Waals surface area contributed by atoms with Crippen LogP contribution in [0.4, 0.5) is 0 Å². The van der Waals surface area contributed by atoms with Crippen molar-refractivity contribution in [2.75, 3.05) is 13.6 Å². The van der Waals surface area contributed by atoms with Crippen LogP contribution in [-0.4, -0.2) is 19.6 Å². The van der Waals surface area contributed by atoms with E-state index < -0.39 is 0 Å². The fourth-order valence-electron chi connectivity index (χ4n) is 1.88. The number of allylic oxidation sites excluding steroid dienone is 1. The molecule has 0 aromatic carbocycles. The van der Waals surface area contributed by atoms with E-state index >= 15 is 0 Å². The van der Waals surface area contributed by atoms with Crippen LogP contribution in [-0.2, 0) is 4.84 Å². The first kappa shape index (κ1) is 7.13. The Hall–Kier alpha value is -0.540. The van der Waals surface area contributed by atoms with Gasteiger partial charge in [-0.2, -0.15) is 5.48 Å². The standard InChI is InChI=1S/C8H14N2O/c1-9-7-3-2-4-8-6(7)5-10-11-8/h4,6-7,9-10H,2-3,5H2,1H3. The van der Waals surface area contributed by atoms with Crippen LogP contribution in [0.5, 0.6) is 0 Å². The molecular formula is C8H14N2O. The van der Waals surface area contributed by atoms with Gasteiger partial charge in [0.25, 0.3) is 0 Å². The Morgan fingerprint density at radius 3 is 3.45 bits per heavy atom. The van der Waals surface area contributed by atoms with E-state index in [4.69, 9.17) is 4.84 Å². The Kier molecular flexibility index (Phi) is 1.84. The van der Waals surface area contributed by atoms with Gasteiger partial charge in [-0.25, -0.2) is 0 Å². The van der Waals surface area contributed by atoms with E-state index in [9.17, 15) is 0 Å². The number of rotatable bonds is 1. The molecule has 1 fully saturated rings. The van der Waals surface area contributed by atoms with E-state index in [0.717, 1.165) is 18.7 Å². The first-order chi connectivity index (χ1) is 5.42. The summed E-state index contributed by atoms with van der Waals surface area (Å²) in [4.78, 5) is 5.26. The Morgan fingerprint density at radius 1 is 1.73 bits per heavy atom. The molecule has 3 heteroatoms. The zero-order valence-electron chi connectivity index (χ0n) is 6.76. The smallest absolute Gasteiger partial charge is 0.126 e. The second-order valence-corrected chi connectivity index (χ2v) is 3.14. The van der Waals surface area contributed by atoms with Gasteiger partial charge in [-0.3, -0.25) is 0 Å². The molecule has 1 aliphatic heterocycles. The highest BCUT2D eigenvalue weighted by atomic mass is 16.7. The minimum atomic E-state index is 0.564. The molecule has 3 nitrogen and oxygen atoms in total. The summed E-state index contributed by atoms with van der Waals surface area (Å²) in [5.41, 5.74) is 2.92. The second-order valence-electron chi connectivity index (χ2n) is 3.14. The van der Waals surface area contributed by atoms with Crippen molar-refractivity contribution >= 4 is 0 Å². The molecule has 2 atom stereocenters. The zero-order chi connectivity index (χ0) is 7.68. The average Bonchev–Trinajstić information content (AvgIpc) is 2.50. The van der Waals surface area contributed by atoms with E-state index in [1.54, 1.807) is 0 Å². The monoisotopic (exact) mass is 154 g/mol. The number of hydrogen-bond acceptors (Lipinski definition) is 3. The minimum Gasteiger partial charge on any atom is -0.413 e. The lowest BCUT2D eigenvalue weighted by atomic mass is 9.89. The van der Waals surface area contributed by atoms with E-state index in [2.05, 4.69) is 16.9 Å². The maximum absolute atomic E-state index is 5.26.